The number of nitrogens with zero attached hydrogens (tertiary/aromatic N) is 3. The first-order valence-corrected chi connectivity index (χ1v) is 8.92. The lowest BCUT2D eigenvalue weighted by atomic mass is 10.1. The van der Waals surface area contributed by atoms with Crippen LogP contribution in [0, 0.1) is 0 Å². The molecule has 28 heavy (non-hydrogen) atoms. The van der Waals surface area contributed by atoms with Crippen LogP contribution < -0.4 is 28.0 Å². The minimum Gasteiger partial charge on any atom is -0.334 e. The zero-order valence-electron chi connectivity index (χ0n) is 15.0. The van der Waals surface area contributed by atoms with Crippen LogP contribution in [0.15, 0.2) is 70.8 Å². The van der Waals surface area contributed by atoms with Gasteiger partial charge in [0.15, 0.2) is 5.82 Å². The van der Waals surface area contributed by atoms with Crippen molar-refractivity contribution in [1.29, 1.82) is 0 Å². The first kappa shape index (κ1) is 19.4. The summed E-state index contributed by atoms with van der Waals surface area (Å²) >= 11 is 6.15. The topological polar surface area (TPSA) is 123 Å². The molecule has 0 saturated carbocycles. The van der Waals surface area contributed by atoms with Gasteiger partial charge in [0.05, 0.1) is 10.7 Å². The number of aryl methyl sites for hydroxylation is 1. The quantitative estimate of drug-likeness (QED) is 0.219. The monoisotopic (exact) mass is 397 g/mol. The van der Waals surface area contributed by atoms with Gasteiger partial charge >= 0.3 is 0 Å². The number of hydrazine groups is 1. The molecule has 0 aliphatic heterocycles. The predicted octanol–water partition coefficient (Wildman–Crippen LogP) is 2.30. The normalized spacial score (nSPS) is 11.3. The molecule has 144 valence electrons. The zero-order valence-corrected chi connectivity index (χ0v) is 15.7. The van der Waals surface area contributed by atoms with E-state index in [0.717, 1.165) is 11.3 Å². The number of nitrogens with one attached hydrogen (secondary N) is 2. The van der Waals surface area contributed by atoms with E-state index < -0.39 is 0 Å². The summed E-state index contributed by atoms with van der Waals surface area (Å²) in [5.41, 5.74) is 4.58. The average Bonchev–Trinajstić information content (AvgIpc) is 2.72. The van der Waals surface area contributed by atoms with E-state index >= 15 is 0 Å². The third kappa shape index (κ3) is 4.48. The van der Waals surface area contributed by atoms with Crippen molar-refractivity contribution in [1.82, 2.24) is 15.0 Å². The highest BCUT2D eigenvalue weighted by Crippen LogP contribution is 2.22. The molecule has 0 unspecified atom stereocenters. The van der Waals surface area contributed by atoms with Crippen molar-refractivity contribution in [3.05, 3.63) is 81.9 Å². The van der Waals surface area contributed by atoms with Crippen LogP contribution in [-0.4, -0.2) is 15.4 Å². The van der Waals surface area contributed by atoms with Crippen molar-refractivity contribution in [2.24, 2.45) is 16.8 Å². The Hall–Kier alpha value is -3.36. The van der Waals surface area contributed by atoms with E-state index in [2.05, 4.69) is 20.8 Å². The minimum absolute atomic E-state index is 0.192. The van der Waals surface area contributed by atoms with Gasteiger partial charge in [0, 0.05) is 24.5 Å². The highest BCUT2D eigenvalue weighted by Gasteiger charge is 2.09. The first-order chi connectivity index (χ1) is 13.6. The lowest BCUT2D eigenvalue weighted by molar-refractivity contribution is 0.910. The van der Waals surface area contributed by atoms with Gasteiger partial charge < -0.3 is 16.6 Å². The van der Waals surface area contributed by atoms with Crippen molar-refractivity contribution in [2.75, 3.05) is 5.32 Å². The molecule has 0 fully saturated rings. The molecule has 1 aromatic heterocycles. The summed E-state index contributed by atoms with van der Waals surface area (Å²) in [6, 6.07) is 14.8. The van der Waals surface area contributed by atoms with Crippen LogP contribution in [-0.2, 0) is 6.42 Å². The third-order valence-electron chi connectivity index (χ3n) is 4.16. The number of hydrogen-bond acceptors (Lipinski definition) is 6. The molecule has 6 N–H and O–H groups in total. The summed E-state index contributed by atoms with van der Waals surface area (Å²) in [7, 11) is 0. The zero-order chi connectivity index (χ0) is 19.9. The fourth-order valence-corrected chi connectivity index (χ4v) is 2.83. The van der Waals surface area contributed by atoms with Gasteiger partial charge in [-0.2, -0.15) is 5.10 Å². The molecular weight excluding hydrogens is 378 g/mol. The second-order valence-corrected chi connectivity index (χ2v) is 6.35. The molecular formula is C19H20ClN7O. The molecule has 3 rings (SSSR count). The Kier molecular flexibility index (Phi) is 6.25. The van der Waals surface area contributed by atoms with Gasteiger partial charge in [-0.05, 0) is 36.2 Å². The van der Waals surface area contributed by atoms with E-state index in [1.807, 2.05) is 36.4 Å². The van der Waals surface area contributed by atoms with Crippen LogP contribution in [0.5, 0.6) is 0 Å². The molecule has 9 heteroatoms. The van der Waals surface area contributed by atoms with Crippen LogP contribution in [0.4, 0.5) is 11.5 Å². The molecule has 3 aromatic rings. The van der Waals surface area contributed by atoms with Crippen molar-refractivity contribution in [2.45, 2.75) is 12.8 Å². The van der Waals surface area contributed by atoms with Crippen molar-refractivity contribution >= 4 is 28.9 Å². The number of amidine groups is 1. The van der Waals surface area contributed by atoms with Gasteiger partial charge in [-0.25, -0.2) is 10.8 Å². The Morgan fingerprint density at radius 3 is 2.61 bits per heavy atom. The molecule has 0 aliphatic rings. The van der Waals surface area contributed by atoms with Gasteiger partial charge in [-0.3, -0.25) is 9.36 Å². The summed E-state index contributed by atoms with van der Waals surface area (Å²) in [4.78, 5) is 16.9. The SMILES string of the molecule is N/N=C(/CCc1ccc(-n2ccnc(Nc3ccccc3Cl)c2=O)cc1)NN. The smallest absolute Gasteiger partial charge is 0.298 e. The Bertz CT molecular complexity index is 1030. The summed E-state index contributed by atoms with van der Waals surface area (Å²) in [6.07, 6.45) is 4.48. The van der Waals surface area contributed by atoms with Gasteiger partial charge in [-0.15, -0.1) is 0 Å². The number of aromatic nitrogens is 2. The molecule has 0 spiro atoms. The van der Waals surface area contributed by atoms with Gasteiger partial charge in [-0.1, -0.05) is 35.9 Å². The molecule has 0 amide bonds. The maximum Gasteiger partial charge on any atom is 0.298 e. The Balaban J connectivity index is 1.80. The summed E-state index contributed by atoms with van der Waals surface area (Å²) in [6.45, 7) is 0. The maximum atomic E-state index is 12.8. The average molecular weight is 398 g/mol. The van der Waals surface area contributed by atoms with Crippen LogP contribution >= 0.6 is 11.6 Å². The number of benzene rings is 2. The number of hydrogen-bond donors (Lipinski definition) is 4. The highest BCUT2D eigenvalue weighted by atomic mass is 35.5. The third-order valence-corrected chi connectivity index (χ3v) is 4.48. The standard InChI is InChI=1S/C19H20ClN7O/c20-15-3-1-2-4-16(15)24-18-19(28)27(12-11-23-18)14-8-5-13(6-9-14)7-10-17(25-21)26-22/h1-6,8-9,11-12H,7,10,21-22H2,(H,23,24)(H,25,26). The van der Waals surface area contributed by atoms with E-state index in [0.29, 0.717) is 29.4 Å². The summed E-state index contributed by atoms with van der Waals surface area (Å²) in [5, 5.41) is 7.06. The van der Waals surface area contributed by atoms with E-state index in [9.17, 15) is 4.79 Å². The molecule has 0 bridgehead atoms. The first-order valence-electron chi connectivity index (χ1n) is 8.54. The van der Waals surface area contributed by atoms with E-state index in [4.69, 9.17) is 23.3 Å². The fourth-order valence-electron chi connectivity index (χ4n) is 2.65. The Labute approximate surface area is 166 Å². The van der Waals surface area contributed by atoms with Crippen LogP contribution in [0.3, 0.4) is 0 Å². The lowest BCUT2D eigenvalue weighted by Gasteiger charge is -2.11. The molecule has 2 aromatic carbocycles. The second kappa shape index (κ2) is 9.03. The fraction of sp³-hybridized carbons (Fsp3) is 0.105. The molecule has 1 heterocycles. The number of hydrazone groups is 1. The molecule has 0 saturated heterocycles. The van der Waals surface area contributed by atoms with Gasteiger partial charge in [0.2, 0.25) is 0 Å². The van der Waals surface area contributed by atoms with E-state index in [1.165, 1.54) is 4.57 Å². The molecule has 0 aliphatic carbocycles. The van der Waals surface area contributed by atoms with E-state index in [-0.39, 0.29) is 11.4 Å². The van der Waals surface area contributed by atoms with Gasteiger partial charge in [0.25, 0.3) is 5.56 Å². The molecule has 0 radical (unpaired) electrons. The van der Waals surface area contributed by atoms with Gasteiger partial charge in [0.1, 0.15) is 5.84 Å². The van der Waals surface area contributed by atoms with E-state index in [1.54, 1.807) is 24.5 Å². The lowest BCUT2D eigenvalue weighted by Crippen LogP contribution is -2.31. The van der Waals surface area contributed by atoms with Crippen LogP contribution in [0.2, 0.25) is 5.02 Å². The summed E-state index contributed by atoms with van der Waals surface area (Å²) in [5.74, 6) is 11.3. The molecule has 8 nitrogen and oxygen atoms in total. The maximum absolute atomic E-state index is 12.8. The predicted molar refractivity (Wildman–Crippen MR) is 112 cm³/mol. The minimum atomic E-state index is -0.278. The number of nitrogens with two attached hydrogens (primary N) is 2. The number of para-hydroxylation sites is 1. The Morgan fingerprint density at radius 1 is 1.18 bits per heavy atom. The number of halogens is 1. The molecule has 0 atom stereocenters. The number of anilines is 2. The number of rotatable bonds is 6. The van der Waals surface area contributed by atoms with Crippen LogP contribution in [0.25, 0.3) is 5.69 Å². The highest BCUT2D eigenvalue weighted by molar-refractivity contribution is 6.33. The van der Waals surface area contributed by atoms with Crippen molar-refractivity contribution in [3.8, 4) is 5.69 Å². The Morgan fingerprint density at radius 2 is 1.93 bits per heavy atom. The largest absolute Gasteiger partial charge is 0.334 e. The summed E-state index contributed by atoms with van der Waals surface area (Å²) < 4.78 is 1.52. The second-order valence-electron chi connectivity index (χ2n) is 5.94. The van der Waals surface area contributed by atoms with Crippen LogP contribution in [0.1, 0.15) is 12.0 Å². The van der Waals surface area contributed by atoms with Crippen molar-refractivity contribution < 1.29 is 0 Å². The van der Waals surface area contributed by atoms with Crippen molar-refractivity contribution in [3.63, 3.8) is 0 Å².